The zero-order valence-corrected chi connectivity index (χ0v) is 17.4. The molecular weight excluding hydrogens is 446 g/mol. The first-order valence-corrected chi connectivity index (χ1v) is 10.0. The Morgan fingerprint density at radius 2 is 1.97 bits per heavy atom. The SMILES string of the molecule is [C-]#[N+]c1cccc(-c2nc(N)n3nc(C(NCCO)c4ccccc4)nc3c2Br)c1. The normalized spacial score (nSPS) is 12.0. The third-order valence-electron chi connectivity index (χ3n) is 4.57. The number of aliphatic hydroxyl groups excluding tert-OH is 1. The molecule has 4 rings (SSSR count). The highest BCUT2D eigenvalue weighted by Crippen LogP contribution is 2.33. The Morgan fingerprint density at radius 1 is 1.17 bits per heavy atom. The zero-order chi connectivity index (χ0) is 21.1. The lowest BCUT2D eigenvalue weighted by Crippen LogP contribution is -2.26. The fourth-order valence-electron chi connectivity index (χ4n) is 3.20. The number of nitrogens with one attached hydrogen (secondary N) is 1. The number of anilines is 1. The molecule has 0 aliphatic carbocycles. The first-order valence-electron chi connectivity index (χ1n) is 9.21. The molecule has 0 radical (unpaired) electrons. The summed E-state index contributed by atoms with van der Waals surface area (Å²) in [7, 11) is 0. The lowest BCUT2D eigenvalue weighted by Gasteiger charge is -2.15. The van der Waals surface area contributed by atoms with Crippen molar-refractivity contribution in [3.63, 3.8) is 0 Å². The van der Waals surface area contributed by atoms with Crippen molar-refractivity contribution in [3.8, 4) is 11.3 Å². The average molecular weight is 464 g/mol. The molecule has 4 N–H and O–H groups in total. The number of nitrogen functional groups attached to an aromatic ring is 1. The van der Waals surface area contributed by atoms with Gasteiger partial charge in [-0.25, -0.2) is 14.8 Å². The van der Waals surface area contributed by atoms with Gasteiger partial charge in [0, 0.05) is 6.54 Å². The second-order valence-corrected chi connectivity index (χ2v) is 7.31. The topological polar surface area (TPSA) is 106 Å². The number of aromatic nitrogens is 4. The Labute approximate surface area is 181 Å². The molecule has 2 aromatic heterocycles. The maximum absolute atomic E-state index is 9.28. The van der Waals surface area contributed by atoms with E-state index < -0.39 is 0 Å². The van der Waals surface area contributed by atoms with Crippen LogP contribution in [-0.4, -0.2) is 37.8 Å². The van der Waals surface area contributed by atoms with E-state index in [-0.39, 0.29) is 18.6 Å². The molecule has 2 heterocycles. The van der Waals surface area contributed by atoms with Crippen molar-refractivity contribution in [3.05, 3.63) is 81.9 Å². The molecule has 0 saturated carbocycles. The number of nitrogens with zero attached hydrogens (tertiary/aromatic N) is 5. The van der Waals surface area contributed by atoms with Crippen molar-refractivity contribution >= 4 is 33.2 Å². The number of halogens is 1. The maximum Gasteiger partial charge on any atom is 0.223 e. The van der Waals surface area contributed by atoms with Crippen molar-refractivity contribution < 1.29 is 5.11 Å². The van der Waals surface area contributed by atoms with Crippen LogP contribution in [-0.2, 0) is 0 Å². The number of nitrogens with two attached hydrogens (primary N) is 1. The predicted octanol–water partition coefficient (Wildman–Crippen LogP) is 3.36. The molecule has 2 aromatic carbocycles. The standard InChI is InChI=1S/C21H18BrN7O/c1-24-15-9-5-8-14(12-15)17-16(22)20-27-19(28-29(20)21(23)26-17)18(25-10-11-30)13-6-3-2-4-7-13/h2-9,12,18,25,30H,10-11H2,(H2,23,26). The van der Waals surface area contributed by atoms with E-state index in [2.05, 4.69) is 36.2 Å². The molecule has 150 valence electrons. The summed E-state index contributed by atoms with van der Waals surface area (Å²) in [6.45, 7) is 7.61. The van der Waals surface area contributed by atoms with Crippen molar-refractivity contribution in [2.75, 3.05) is 18.9 Å². The molecule has 0 aliphatic rings. The van der Waals surface area contributed by atoms with Gasteiger partial charge in [0.25, 0.3) is 0 Å². The van der Waals surface area contributed by atoms with Gasteiger partial charge in [-0.2, -0.15) is 4.52 Å². The molecule has 0 spiro atoms. The fourth-order valence-corrected chi connectivity index (χ4v) is 3.77. The van der Waals surface area contributed by atoms with E-state index in [1.54, 1.807) is 18.2 Å². The van der Waals surface area contributed by atoms with Crippen LogP contribution in [0.5, 0.6) is 0 Å². The molecule has 30 heavy (non-hydrogen) atoms. The first kappa shape index (κ1) is 20.0. The minimum absolute atomic E-state index is 0.00830. The van der Waals surface area contributed by atoms with Crippen LogP contribution in [0.4, 0.5) is 11.6 Å². The van der Waals surface area contributed by atoms with Crippen LogP contribution in [0, 0.1) is 6.57 Å². The monoisotopic (exact) mass is 463 g/mol. The van der Waals surface area contributed by atoms with E-state index in [0.29, 0.717) is 33.9 Å². The highest BCUT2D eigenvalue weighted by molar-refractivity contribution is 9.10. The third-order valence-corrected chi connectivity index (χ3v) is 5.30. The van der Waals surface area contributed by atoms with Crippen LogP contribution in [0.1, 0.15) is 17.4 Å². The lowest BCUT2D eigenvalue weighted by molar-refractivity contribution is 0.287. The van der Waals surface area contributed by atoms with Gasteiger partial charge in [-0.05, 0) is 33.1 Å². The van der Waals surface area contributed by atoms with Gasteiger partial charge >= 0.3 is 0 Å². The average Bonchev–Trinajstić information content (AvgIpc) is 3.23. The molecular formula is C21H18BrN7O. The smallest absolute Gasteiger partial charge is 0.223 e. The molecule has 0 amide bonds. The zero-order valence-electron chi connectivity index (χ0n) is 15.8. The van der Waals surface area contributed by atoms with E-state index >= 15 is 0 Å². The highest BCUT2D eigenvalue weighted by atomic mass is 79.9. The Balaban J connectivity index is 1.85. The van der Waals surface area contributed by atoms with E-state index in [4.69, 9.17) is 17.3 Å². The van der Waals surface area contributed by atoms with Crippen LogP contribution in [0.3, 0.4) is 0 Å². The number of aliphatic hydroxyl groups is 1. The number of hydrogen-bond donors (Lipinski definition) is 3. The van der Waals surface area contributed by atoms with E-state index in [1.807, 2.05) is 36.4 Å². The van der Waals surface area contributed by atoms with Crippen molar-refractivity contribution in [2.24, 2.45) is 0 Å². The number of benzene rings is 2. The number of hydrogen-bond acceptors (Lipinski definition) is 6. The Morgan fingerprint density at radius 3 is 2.70 bits per heavy atom. The first-order chi connectivity index (χ1) is 14.6. The highest BCUT2D eigenvalue weighted by Gasteiger charge is 2.22. The summed E-state index contributed by atoms with van der Waals surface area (Å²) >= 11 is 3.59. The molecule has 0 fully saturated rings. The molecule has 9 heteroatoms. The van der Waals surface area contributed by atoms with E-state index in [0.717, 1.165) is 11.1 Å². The van der Waals surface area contributed by atoms with Gasteiger partial charge in [-0.1, -0.05) is 48.5 Å². The quantitative estimate of drug-likeness (QED) is 0.378. The molecule has 1 unspecified atom stereocenters. The van der Waals surface area contributed by atoms with Crippen LogP contribution in [0.15, 0.2) is 59.1 Å². The predicted molar refractivity (Wildman–Crippen MR) is 118 cm³/mol. The molecule has 0 saturated heterocycles. The third kappa shape index (κ3) is 3.76. The van der Waals surface area contributed by atoms with Gasteiger partial charge in [0.2, 0.25) is 5.95 Å². The minimum atomic E-state index is -0.321. The Bertz CT molecular complexity index is 1230. The number of fused-ring (bicyclic) bond motifs is 1. The van der Waals surface area contributed by atoms with Gasteiger partial charge in [-0.15, -0.1) is 5.10 Å². The fraction of sp³-hybridized carbons (Fsp3) is 0.143. The molecule has 0 aliphatic heterocycles. The van der Waals surface area contributed by atoms with Crippen LogP contribution in [0.2, 0.25) is 0 Å². The van der Waals surface area contributed by atoms with Gasteiger partial charge in [0.05, 0.1) is 29.4 Å². The van der Waals surface area contributed by atoms with Crippen LogP contribution < -0.4 is 11.1 Å². The molecule has 8 nitrogen and oxygen atoms in total. The van der Waals surface area contributed by atoms with Crippen molar-refractivity contribution in [1.29, 1.82) is 0 Å². The largest absolute Gasteiger partial charge is 0.395 e. The van der Waals surface area contributed by atoms with Gasteiger partial charge in [0.1, 0.15) is 0 Å². The van der Waals surface area contributed by atoms with E-state index in [1.165, 1.54) is 4.52 Å². The van der Waals surface area contributed by atoms with Crippen molar-refractivity contribution in [2.45, 2.75) is 6.04 Å². The lowest BCUT2D eigenvalue weighted by atomic mass is 10.1. The van der Waals surface area contributed by atoms with Crippen LogP contribution in [0.25, 0.3) is 21.7 Å². The van der Waals surface area contributed by atoms with Gasteiger partial charge < -0.3 is 16.2 Å². The van der Waals surface area contributed by atoms with Gasteiger partial charge in [-0.3, -0.25) is 0 Å². The summed E-state index contributed by atoms with van der Waals surface area (Å²) < 4.78 is 2.12. The summed E-state index contributed by atoms with van der Waals surface area (Å²) in [5, 5.41) is 17.1. The Hall–Kier alpha value is -3.32. The summed E-state index contributed by atoms with van der Waals surface area (Å²) in [4.78, 5) is 12.7. The number of rotatable bonds is 6. The molecule has 4 aromatic rings. The summed E-state index contributed by atoms with van der Waals surface area (Å²) in [5.41, 5.74) is 9.54. The van der Waals surface area contributed by atoms with Gasteiger partial charge in [0.15, 0.2) is 17.2 Å². The summed E-state index contributed by atoms with van der Waals surface area (Å²) in [6, 6.07) is 16.6. The second-order valence-electron chi connectivity index (χ2n) is 6.52. The van der Waals surface area contributed by atoms with E-state index in [9.17, 15) is 5.11 Å². The van der Waals surface area contributed by atoms with Crippen molar-refractivity contribution in [1.82, 2.24) is 24.9 Å². The molecule has 1 atom stereocenters. The molecule has 0 bridgehead atoms. The summed E-state index contributed by atoms with van der Waals surface area (Å²) in [5.74, 6) is 0.694. The second kappa shape index (κ2) is 8.59. The Kier molecular flexibility index (Phi) is 5.72. The maximum atomic E-state index is 9.28. The summed E-state index contributed by atoms with van der Waals surface area (Å²) in [6.07, 6.45) is 0. The minimum Gasteiger partial charge on any atom is -0.395 e. The van der Waals surface area contributed by atoms with Crippen LogP contribution >= 0.6 is 15.9 Å².